The molecule has 2 rings (SSSR count). The highest BCUT2D eigenvalue weighted by Gasteiger charge is 2.23. The topological polar surface area (TPSA) is 108 Å². The minimum atomic E-state index is -1.04. The van der Waals surface area contributed by atoms with Gasteiger partial charge in [-0.05, 0) is 19.1 Å². The average molecular weight is 408 g/mol. The fraction of sp³-hybridized carbons (Fsp3) is 0.474. The molecule has 29 heavy (non-hydrogen) atoms. The van der Waals surface area contributed by atoms with E-state index in [9.17, 15) is 23.6 Å². The SMILES string of the molecule is CC(=O)N1CCN(C(=O)CCC(=O)NNC(=O)[C@H](C)Oc2ccccc2F)CC1. The van der Waals surface area contributed by atoms with E-state index in [1.54, 1.807) is 15.9 Å². The largest absolute Gasteiger partial charge is 0.478 e. The second-order valence-electron chi connectivity index (χ2n) is 6.61. The molecule has 0 aliphatic carbocycles. The summed E-state index contributed by atoms with van der Waals surface area (Å²) in [6.07, 6.45) is -1.15. The number of piperazine rings is 1. The number of ether oxygens (including phenoxy) is 1. The van der Waals surface area contributed by atoms with E-state index >= 15 is 0 Å². The van der Waals surface area contributed by atoms with Crippen LogP contribution in [-0.2, 0) is 19.2 Å². The van der Waals surface area contributed by atoms with Crippen molar-refractivity contribution in [3.8, 4) is 5.75 Å². The summed E-state index contributed by atoms with van der Waals surface area (Å²) in [6, 6.07) is 5.66. The zero-order valence-electron chi connectivity index (χ0n) is 16.4. The van der Waals surface area contributed by atoms with E-state index in [4.69, 9.17) is 4.74 Å². The molecule has 1 aromatic rings. The van der Waals surface area contributed by atoms with Gasteiger partial charge in [0, 0.05) is 45.9 Å². The van der Waals surface area contributed by atoms with Crippen molar-refractivity contribution in [3.63, 3.8) is 0 Å². The number of para-hydroxylation sites is 1. The van der Waals surface area contributed by atoms with Crippen molar-refractivity contribution < 1.29 is 28.3 Å². The van der Waals surface area contributed by atoms with Crippen LogP contribution in [0.25, 0.3) is 0 Å². The minimum absolute atomic E-state index is 0.0109. The molecule has 0 spiro atoms. The number of amides is 4. The second kappa shape index (κ2) is 10.4. The number of nitrogens with zero attached hydrogens (tertiary/aromatic N) is 2. The van der Waals surface area contributed by atoms with Crippen LogP contribution in [0.2, 0.25) is 0 Å². The van der Waals surface area contributed by atoms with Gasteiger partial charge in [0.25, 0.3) is 5.91 Å². The molecule has 2 N–H and O–H groups in total. The van der Waals surface area contributed by atoms with Crippen molar-refractivity contribution >= 4 is 23.6 Å². The van der Waals surface area contributed by atoms with Gasteiger partial charge in [0.2, 0.25) is 17.7 Å². The molecule has 0 saturated carbocycles. The summed E-state index contributed by atoms with van der Waals surface area (Å²) in [7, 11) is 0. The van der Waals surface area contributed by atoms with Gasteiger partial charge < -0.3 is 14.5 Å². The number of benzene rings is 1. The Hall–Kier alpha value is -3.17. The third-order valence-corrected chi connectivity index (χ3v) is 4.48. The first-order chi connectivity index (χ1) is 13.8. The maximum atomic E-state index is 13.5. The first-order valence-electron chi connectivity index (χ1n) is 9.31. The predicted molar refractivity (Wildman–Crippen MR) is 101 cm³/mol. The first kappa shape index (κ1) is 22.1. The van der Waals surface area contributed by atoms with E-state index in [-0.39, 0.29) is 30.4 Å². The van der Waals surface area contributed by atoms with Gasteiger partial charge in [-0.3, -0.25) is 30.0 Å². The van der Waals surface area contributed by atoms with Crippen molar-refractivity contribution in [2.45, 2.75) is 32.8 Å². The van der Waals surface area contributed by atoms with E-state index in [1.807, 2.05) is 0 Å². The Morgan fingerprint density at radius 3 is 2.28 bits per heavy atom. The summed E-state index contributed by atoms with van der Waals surface area (Å²) >= 11 is 0. The monoisotopic (exact) mass is 408 g/mol. The first-order valence-corrected chi connectivity index (χ1v) is 9.31. The fourth-order valence-electron chi connectivity index (χ4n) is 2.73. The summed E-state index contributed by atoms with van der Waals surface area (Å²) in [6.45, 7) is 4.71. The molecule has 1 saturated heterocycles. The van der Waals surface area contributed by atoms with Gasteiger partial charge in [0.1, 0.15) is 0 Å². The molecule has 1 aliphatic heterocycles. The fourth-order valence-corrected chi connectivity index (χ4v) is 2.73. The lowest BCUT2D eigenvalue weighted by Gasteiger charge is -2.34. The molecule has 1 atom stereocenters. The lowest BCUT2D eigenvalue weighted by atomic mass is 10.2. The average Bonchev–Trinajstić information content (AvgIpc) is 2.71. The lowest BCUT2D eigenvalue weighted by molar-refractivity contribution is -0.139. The van der Waals surface area contributed by atoms with Crippen molar-refractivity contribution in [3.05, 3.63) is 30.1 Å². The molecule has 1 heterocycles. The van der Waals surface area contributed by atoms with Crippen molar-refractivity contribution in [1.82, 2.24) is 20.7 Å². The molecule has 158 valence electrons. The van der Waals surface area contributed by atoms with Gasteiger partial charge in [-0.2, -0.15) is 0 Å². The van der Waals surface area contributed by atoms with Crippen molar-refractivity contribution in [2.75, 3.05) is 26.2 Å². The Morgan fingerprint density at radius 1 is 1.03 bits per heavy atom. The Morgan fingerprint density at radius 2 is 1.66 bits per heavy atom. The van der Waals surface area contributed by atoms with Crippen LogP contribution in [0.4, 0.5) is 4.39 Å². The van der Waals surface area contributed by atoms with E-state index < -0.39 is 23.7 Å². The van der Waals surface area contributed by atoms with Gasteiger partial charge in [0.15, 0.2) is 17.7 Å². The third-order valence-electron chi connectivity index (χ3n) is 4.48. The molecule has 1 fully saturated rings. The number of hydrogen-bond donors (Lipinski definition) is 2. The molecular formula is C19H25FN4O5. The zero-order valence-corrected chi connectivity index (χ0v) is 16.4. The Kier molecular flexibility index (Phi) is 7.93. The van der Waals surface area contributed by atoms with Gasteiger partial charge >= 0.3 is 0 Å². The Bertz CT molecular complexity index is 765. The minimum Gasteiger partial charge on any atom is -0.478 e. The second-order valence-corrected chi connectivity index (χ2v) is 6.61. The molecule has 1 aromatic carbocycles. The summed E-state index contributed by atoms with van der Waals surface area (Å²) in [4.78, 5) is 50.5. The highest BCUT2D eigenvalue weighted by atomic mass is 19.1. The molecular weight excluding hydrogens is 383 g/mol. The van der Waals surface area contributed by atoms with Gasteiger partial charge in [0.05, 0.1) is 0 Å². The lowest BCUT2D eigenvalue weighted by Crippen LogP contribution is -2.50. The van der Waals surface area contributed by atoms with Crippen LogP contribution >= 0.6 is 0 Å². The normalized spacial score (nSPS) is 14.7. The van der Waals surface area contributed by atoms with Crippen molar-refractivity contribution in [1.29, 1.82) is 0 Å². The summed E-state index contributed by atoms with van der Waals surface area (Å²) in [5.41, 5.74) is 4.40. The summed E-state index contributed by atoms with van der Waals surface area (Å²) < 4.78 is 18.8. The number of rotatable bonds is 6. The number of hydrazine groups is 1. The quantitative estimate of drug-likeness (QED) is 0.655. The summed E-state index contributed by atoms with van der Waals surface area (Å²) in [5, 5.41) is 0. The number of hydrogen-bond acceptors (Lipinski definition) is 5. The molecule has 1 aliphatic rings. The zero-order chi connectivity index (χ0) is 21.4. The smallest absolute Gasteiger partial charge is 0.279 e. The number of carbonyl (C=O) groups excluding carboxylic acids is 4. The molecule has 0 aromatic heterocycles. The molecule has 9 nitrogen and oxygen atoms in total. The highest BCUT2D eigenvalue weighted by Crippen LogP contribution is 2.16. The molecule has 0 bridgehead atoms. The van der Waals surface area contributed by atoms with E-state index in [0.29, 0.717) is 26.2 Å². The number of nitrogens with one attached hydrogen (secondary N) is 2. The number of halogens is 1. The third kappa shape index (κ3) is 6.74. The Labute approximate surface area is 168 Å². The Balaban J connectivity index is 1.67. The maximum Gasteiger partial charge on any atom is 0.279 e. The van der Waals surface area contributed by atoms with E-state index in [2.05, 4.69) is 10.9 Å². The highest BCUT2D eigenvalue weighted by molar-refractivity contribution is 5.87. The molecule has 0 unspecified atom stereocenters. The molecule has 0 radical (unpaired) electrons. The van der Waals surface area contributed by atoms with Crippen LogP contribution in [0.1, 0.15) is 26.7 Å². The van der Waals surface area contributed by atoms with Crippen LogP contribution in [0.15, 0.2) is 24.3 Å². The molecule has 10 heteroatoms. The van der Waals surface area contributed by atoms with E-state index in [0.717, 1.165) is 0 Å². The summed E-state index contributed by atoms with van der Waals surface area (Å²) in [5.74, 6) is -2.08. The predicted octanol–water partition coefficient (Wildman–Crippen LogP) is 0.211. The van der Waals surface area contributed by atoms with Crippen LogP contribution in [0, 0.1) is 5.82 Å². The van der Waals surface area contributed by atoms with Crippen LogP contribution in [0.3, 0.4) is 0 Å². The van der Waals surface area contributed by atoms with Gasteiger partial charge in [-0.1, -0.05) is 12.1 Å². The van der Waals surface area contributed by atoms with Crippen LogP contribution in [0.5, 0.6) is 5.75 Å². The van der Waals surface area contributed by atoms with Crippen LogP contribution < -0.4 is 15.6 Å². The van der Waals surface area contributed by atoms with Gasteiger partial charge in [-0.25, -0.2) is 4.39 Å². The maximum absolute atomic E-state index is 13.5. The van der Waals surface area contributed by atoms with Crippen molar-refractivity contribution in [2.24, 2.45) is 0 Å². The van der Waals surface area contributed by atoms with E-state index in [1.165, 1.54) is 32.0 Å². The van der Waals surface area contributed by atoms with Gasteiger partial charge in [-0.15, -0.1) is 0 Å². The van der Waals surface area contributed by atoms with Crippen LogP contribution in [-0.4, -0.2) is 65.7 Å². The number of carbonyl (C=O) groups is 4. The molecule has 4 amide bonds. The standard InChI is InChI=1S/C19H25FN4O5/c1-13(29-16-6-4-3-5-15(16)20)19(28)22-21-17(26)7-8-18(27)24-11-9-23(10-12-24)14(2)25/h3-6,13H,7-12H2,1-2H3,(H,21,26)(H,22,28)/t13-/m0/s1.